The van der Waals surface area contributed by atoms with E-state index in [2.05, 4.69) is 0 Å². The van der Waals surface area contributed by atoms with Crippen LogP contribution >= 0.6 is 35.1 Å². The monoisotopic (exact) mass is 226 g/mol. The summed E-state index contributed by atoms with van der Waals surface area (Å²) in [6.07, 6.45) is 1.20. The van der Waals surface area contributed by atoms with Crippen LogP contribution in [0.2, 0.25) is 0 Å². The van der Waals surface area contributed by atoms with Crippen molar-refractivity contribution in [1.29, 1.82) is 0 Å². The third-order valence-electron chi connectivity index (χ3n) is 1.36. The highest BCUT2D eigenvalue weighted by molar-refractivity contribution is 8.03. The molecule has 1 heterocycles. The number of esters is 1. The Kier molecular flexibility index (Phi) is 5.27. The van der Waals surface area contributed by atoms with Crippen LogP contribution < -0.4 is 0 Å². The Bertz CT molecular complexity index is 146. The highest BCUT2D eigenvalue weighted by Gasteiger charge is 2.16. The minimum atomic E-state index is -0.309. The lowest BCUT2D eigenvalue weighted by Gasteiger charge is -2.12. The minimum absolute atomic E-state index is 0.0174. The van der Waals surface area contributed by atoms with Crippen molar-refractivity contribution < 1.29 is 9.53 Å². The number of halogens is 1. The molecule has 0 aromatic rings. The molecular formula is C7H11ClO2S2. The highest BCUT2D eigenvalue weighted by atomic mass is 35.5. The maximum Gasteiger partial charge on any atom is 0.322 e. The summed E-state index contributed by atoms with van der Waals surface area (Å²) in [4.78, 5) is 10.8. The van der Waals surface area contributed by atoms with Gasteiger partial charge in [0.1, 0.15) is 5.88 Å². The van der Waals surface area contributed by atoms with Crippen molar-refractivity contribution in [2.24, 2.45) is 0 Å². The van der Waals surface area contributed by atoms with Gasteiger partial charge in [-0.2, -0.15) is 11.8 Å². The Morgan fingerprint density at radius 2 is 2.42 bits per heavy atom. The second kappa shape index (κ2) is 6.00. The molecule has 0 saturated carbocycles. The third kappa shape index (κ3) is 3.92. The van der Waals surface area contributed by atoms with Gasteiger partial charge < -0.3 is 4.74 Å². The Labute approximate surface area is 85.7 Å². The van der Waals surface area contributed by atoms with Crippen LogP contribution in [-0.4, -0.2) is 34.5 Å². The van der Waals surface area contributed by atoms with Crippen molar-refractivity contribution in [2.45, 2.75) is 11.9 Å². The molecule has 0 N–H and O–H groups in total. The van der Waals surface area contributed by atoms with Crippen LogP contribution in [0.25, 0.3) is 0 Å². The average Bonchev–Trinajstić information content (AvgIpc) is 2.33. The second-order valence-electron chi connectivity index (χ2n) is 2.35. The Balaban J connectivity index is 2.24. The summed E-state index contributed by atoms with van der Waals surface area (Å²) in [6, 6.07) is 0. The molecule has 1 aliphatic heterocycles. The van der Waals surface area contributed by atoms with E-state index >= 15 is 0 Å². The fourth-order valence-electron chi connectivity index (χ4n) is 0.850. The maximum atomic E-state index is 10.8. The number of carbonyl (C=O) groups is 1. The van der Waals surface area contributed by atoms with E-state index in [4.69, 9.17) is 16.3 Å². The van der Waals surface area contributed by atoms with Crippen molar-refractivity contribution in [2.75, 3.05) is 23.1 Å². The molecular weight excluding hydrogens is 216 g/mol. The fraction of sp³-hybridized carbons (Fsp3) is 0.857. The van der Waals surface area contributed by atoms with Gasteiger partial charge in [0.2, 0.25) is 0 Å². The van der Waals surface area contributed by atoms with Gasteiger partial charge in [-0.05, 0) is 17.9 Å². The minimum Gasteiger partial charge on any atom is -0.449 e. The smallest absolute Gasteiger partial charge is 0.322 e. The first-order valence-corrected chi connectivity index (χ1v) is 6.51. The van der Waals surface area contributed by atoms with E-state index in [9.17, 15) is 4.79 Å². The molecule has 0 aromatic heterocycles. The summed E-state index contributed by atoms with van der Waals surface area (Å²) in [5.41, 5.74) is 0.0174. The number of ether oxygens (including phenoxy) is 1. The molecule has 0 spiro atoms. The summed E-state index contributed by atoms with van der Waals surface area (Å²) < 4.78 is 5.09. The molecule has 0 amide bonds. The van der Waals surface area contributed by atoms with E-state index in [1.165, 1.54) is 12.2 Å². The van der Waals surface area contributed by atoms with Crippen molar-refractivity contribution in [1.82, 2.24) is 0 Å². The number of alkyl halides is 1. The van der Waals surface area contributed by atoms with Crippen molar-refractivity contribution in [3.05, 3.63) is 0 Å². The van der Waals surface area contributed by atoms with Crippen LogP contribution in [0.5, 0.6) is 0 Å². The van der Waals surface area contributed by atoms with Gasteiger partial charge in [0, 0.05) is 5.75 Å². The zero-order chi connectivity index (χ0) is 8.81. The van der Waals surface area contributed by atoms with Crippen LogP contribution in [-0.2, 0) is 9.53 Å². The number of rotatable bonds is 2. The first-order valence-electron chi connectivity index (χ1n) is 3.77. The topological polar surface area (TPSA) is 26.3 Å². The normalized spacial score (nSPS) is 24.6. The Hall–Kier alpha value is 0.460. The van der Waals surface area contributed by atoms with E-state index in [1.54, 1.807) is 11.8 Å². The largest absolute Gasteiger partial charge is 0.449 e. The van der Waals surface area contributed by atoms with E-state index < -0.39 is 0 Å². The van der Waals surface area contributed by atoms with E-state index in [1.807, 2.05) is 11.8 Å². The molecule has 1 fully saturated rings. The van der Waals surface area contributed by atoms with Gasteiger partial charge in [-0.1, -0.05) is 0 Å². The highest BCUT2D eigenvalue weighted by Crippen LogP contribution is 2.24. The third-order valence-corrected chi connectivity index (χ3v) is 4.07. The molecule has 12 heavy (non-hydrogen) atoms. The van der Waals surface area contributed by atoms with Crippen LogP contribution in [0.4, 0.5) is 0 Å². The quantitative estimate of drug-likeness (QED) is 0.531. The Morgan fingerprint density at radius 3 is 3.17 bits per heavy atom. The van der Waals surface area contributed by atoms with Crippen molar-refractivity contribution >= 4 is 41.1 Å². The van der Waals surface area contributed by atoms with E-state index in [0.717, 1.165) is 11.5 Å². The maximum absolute atomic E-state index is 10.8. The summed E-state index contributed by atoms with van der Waals surface area (Å²) in [5.74, 6) is 2.79. The standard InChI is InChI=1S/C7H11ClO2S2/c8-4-6(9)10-7-5-11-2-1-3-12-7/h7H,1-5H2/t7-/m1/s1. The first kappa shape index (κ1) is 10.5. The second-order valence-corrected chi connectivity index (χ2v) is 5.04. The Morgan fingerprint density at radius 1 is 1.58 bits per heavy atom. The SMILES string of the molecule is O=C(CCl)O[C@H]1CSCCCS1. The van der Waals surface area contributed by atoms with Crippen LogP contribution in [0.15, 0.2) is 0 Å². The zero-order valence-corrected chi connectivity index (χ0v) is 9.01. The lowest BCUT2D eigenvalue weighted by atomic mass is 10.6. The predicted molar refractivity (Wildman–Crippen MR) is 55.0 cm³/mol. The zero-order valence-electron chi connectivity index (χ0n) is 6.62. The molecule has 1 atom stereocenters. The molecule has 2 nitrogen and oxygen atoms in total. The van der Waals surface area contributed by atoms with Crippen LogP contribution in [0.1, 0.15) is 6.42 Å². The summed E-state index contributed by atoms with van der Waals surface area (Å²) >= 11 is 8.86. The number of thioether (sulfide) groups is 2. The predicted octanol–water partition coefficient (Wildman–Crippen LogP) is 1.96. The van der Waals surface area contributed by atoms with E-state index in [-0.39, 0.29) is 17.3 Å². The molecule has 1 aliphatic rings. The van der Waals surface area contributed by atoms with Gasteiger partial charge in [-0.3, -0.25) is 4.79 Å². The molecule has 1 rings (SSSR count). The molecule has 0 unspecified atom stereocenters. The molecule has 0 aliphatic carbocycles. The van der Waals surface area contributed by atoms with Gasteiger partial charge in [0.05, 0.1) is 0 Å². The molecule has 0 radical (unpaired) electrons. The molecule has 1 saturated heterocycles. The molecule has 0 aromatic carbocycles. The number of hydrogen-bond donors (Lipinski definition) is 0. The van der Waals surface area contributed by atoms with Gasteiger partial charge in [0.25, 0.3) is 0 Å². The molecule has 70 valence electrons. The summed E-state index contributed by atoms with van der Waals surface area (Å²) in [5, 5.41) is 0. The van der Waals surface area contributed by atoms with Gasteiger partial charge in [-0.15, -0.1) is 23.4 Å². The van der Waals surface area contributed by atoms with Crippen LogP contribution in [0.3, 0.4) is 0 Å². The van der Waals surface area contributed by atoms with E-state index in [0.29, 0.717) is 0 Å². The van der Waals surface area contributed by atoms with Gasteiger partial charge in [0.15, 0.2) is 5.44 Å². The molecule has 5 heteroatoms. The summed E-state index contributed by atoms with van der Waals surface area (Å²) in [6.45, 7) is 0. The fourth-order valence-corrected chi connectivity index (χ4v) is 3.29. The van der Waals surface area contributed by atoms with Crippen molar-refractivity contribution in [3.63, 3.8) is 0 Å². The first-order chi connectivity index (χ1) is 5.83. The number of hydrogen-bond acceptors (Lipinski definition) is 4. The number of carbonyl (C=O) groups excluding carboxylic acids is 1. The summed E-state index contributed by atoms with van der Waals surface area (Å²) in [7, 11) is 0. The molecule has 0 bridgehead atoms. The van der Waals surface area contributed by atoms with Gasteiger partial charge in [-0.25, -0.2) is 0 Å². The van der Waals surface area contributed by atoms with Gasteiger partial charge >= 0.3 is 5.97 Å². The van der Waals surface area contributed by atoms with Crippen LogP contribution in [0, 0.1) is 0 Å². The lowest BCUT2D eigenvalue weighted by molar-refractivity contribution is -0.141. The van der Waals surface area contributed by atoms with Crippen molar-refractivity contribution in [3.8, 4) is 0 Å². The lowest BCUT2D eigenvalue weighted by Crippen LogP contribution is -2.17. The average molecular weight is 227 g/mol.